The fraction of sp³-hybridized carbons (Fsp3) is 0.564. The Morgan fingerprint density at radius 2 is 1.67 bits per heavy atom. The minimum atomic E-state index is -4.46. The number of ether oxygens (including phenoxy) is 2. The average molecular weight is 820 g/mol. The van der Waals surface area contributed by atoms with Gasteiger partial charge in [0.05, 0.1) is 18.8 Å². The van der Waals surface area contributed by atoms with Crippen LogP contribution >= 0.6 is 0 Å². The number of rotatable bonds is 6. The van der Waals surface area contributed by atoms with Crippen molar-refractivity contribution >= 4 is 39.9 Å². The third-order valence-corrected chi connectivity index (χ3v) is 12.0. The number of nitrogens with one attached hydrogen (secondary N) is 3. The first kappa shape index (κ1) is 41.8. The van der Waals surface area contributed by atoms with Crippen LogP contribution in [0.1, 0.15) is 95.2 Å². The van der Waals surface area contributed by atoms with E-state index >= 15 is 0 Å². The van der Waals surface area contributed by atoms with Crippen molar-refractivity contribution in [3.05, 3.63) is 70.5 Å². The summed E-state index contributed by atoms with van der Waals surface area (Å²) in [6.45, 7) is 4.80. The number of alkyl carbamates (subject to hydrolysis) is 1. The normalized spacial score (nSPS) is 25.5. The van der Waals surface area contributed by atoms with Crippen LogP contribution in [0, 0.1) is 23.4 Å². The van der Waals surface area contributed by atoms with E-state index in [1.807, 2.05) is 4.72 Å². The van der Waals surface area contributed by atoms with Crippen LogP contribution in [0.3, 0.4) is 0 Å². The minimum absolute atomic E-state index is 0.0416. The first-order chi connectivity index (χ1) is 26.8. The smallest absolute Gasteiger partial charge is 0.410 e. The van der Waals surface area contributed by atoms with Crippen molar-refractivity contribution < 1.29 is 55.0 Å². The molecule has 0 bridgehead atoms. The van der Waals surface area contributed by atoms with E-state index in [-0.39, 0.29) is 44.5 Å². The number of benzene rings is 2. The highest BCUT2D eigenvalue weighted by Gasteiger charge is 2.62. The molecule has 3 aliphatic heterocycles. The van der Waals surface area contributed by atoms with Gasteiger partial charge in [-0.15, -0.1) is 0 Å². The quantitative estimate of drug-likeness (QED) is 0.373. The lowest BCUT2D eigenvalue weighted by atomic mass is 10.0. The Labute approximate surface area is 329 Å². The summed E-state index contributed by atoms with van der Waals surface area (Å²) in [7, 11) is -4.46. The molecule has 2 aromatic rings. The van der Waals surface area contributed by atoms with E-state index in [9.17, 15) is 45.6 Å². The summed E-state index contributed by atoms with van der Waals surface area (Å²) >= 11 is 0. The topological polar surface area (TPSA) is 181 Å². The van der Waals surface area contributed by atoms with Crippen LogP contribution in [0.5, 0.6) is 0 Å². The van der Waals surface area contributed by atoms with E-state index in [0.717, 1.165) is 25.0 Å². The van der Waals surface area contributed by atoms with Crippen molar-refractivity contribution in [3.63, 3.8) is 0 Å². The first-order valence-electron chi connectivity index (χ1n) is 19.2. The summed E-state index contributed by atoms with van der Waals surface area (Å²) in [6.07, 6.45) is 1.37. The number of hydrogen-bond acceptors (Lipinski definition) is 9. The second-order valence-electron chi connectivity index (χ2n) is 16.3. The number of carbonyl (C=O) groups excluding carboxylic acids is 5. The molecule has 1 aliphatic carbocycles. The van der Waals surface area contributed by atoms with Gasteiger partial charge in [-0.3, -0.25) is 24.0 Å². The Hall–Kier alpha value is -4.87. The second-order valence-corrected chi connectivity index (χ2v) is 18.0. The SMILES string of the molecule is CC(C)(C)OC(=O)N[C@H]1CCCCCCC[C@@H]2C[C@@]2(C(=O)NS(=O)(=O)Cc2ccc(F)c(F)c2)NC(=O)[C@@H]2C[C@@H](OC(=O)N3Cc4cccc(F)c4C3)CN2C1=O. The number of fused-ring (bicyclic) bond motifs is 3. The molecular weight excluding hydrogens is 772 g/mol. The maximum atomic E-state index is 14.5. The van der Waals surface area contributed by atoms with Crippen LogP contribution in [0.2, 0.25) is 0 Å². The fourth-order valence-electron chi connectivity index (χ4n) is 7.87. The van der Waals surface area contributed by atoms with Gasteiger partial charge in [-0.05, 0) is 75.3 Å². The zero-order chi connectivity index (χ0) is 41.3. The van der Waals surface area contributed by atoms with E-state index in [1.165, 1.54) is 21.9 Å². The third kappa shape index (κ3) is 9.99. The van der Waals surface area contributed by atoms with Gasteiger partial charge in [-0.1, -0.05) is 50.3 Å². The van der Waals surface area contributed by atoms with Crippen molar-refractivity contribution in [2.45, 2.75) is 127 Å². The van der Waals surface area contributed by atoms with Crippen LogP contribution in [-0.2, 0) is 52.7 Å². The van der Waals surface area contributed by atoms with Crippen molar-refractivity contribution in [2.75, 3.05) is 6.54 Å². The molecule has 2 saturated heterocycles. The van der Waals surface area contributed by atoms with Crippen molar-refractivity contribution in [1.82, 2.24) is 25.2 Å². The molecule has 310 valence electrons. The van der Waals surface area contributed by atoms with Gasteiger partial charge >= 0.3 is 12.2 Å². The molecule has 0 spiro atoms. The summed E-state index contributed by atoms with van der Waals surface area (Å²) in [6, 6.07) is 4.65. The Morgan fingerprint density at radius 1 is 0.947 bits per heavy atom. The predicted molar refractivity (Wildman–Crippen MR) is 198 cm³/mol. The molecule has 3 heterocycles. The number of sulfonamides is 1. The maximum absolute atomic E-state index is 14.5. The lowest BCUT2D eigenvalue weighted by Gasteiger charge is -2.30. The third-order valence-electron chi connectivity index (χ3n) is 10.8. The summed E-state index contributed by atoms with van der Waals surface area (Å²) < 4.78 is 81.3. The second kappa shape index (κ2) is 16.5. The van der Waals surface area contributed by atoms with Gasteiger partial charge in [0.25, 0.3) is 5.91 Å². The molecule has 3 N–H and O–H groups in total. The maximum Gasteiger partial charge on any atom is 0.410 e. The lowest BCUT2D eigenvalue weighted by Crippen LogP contribution is -2.58. The standard InChI is InChI=1S/C39H48F3N5O9S/c1-38(2,3)56-36(51)43-31-13-8-6-4-5-7-11-25-18-39(25,35(50)45-57(53,54)22-23-14-15-29(41)30(42)16-23)44-33(48)32-17-26(20-47(32)34(31)49)55-37(52)46-19-24-10-9-12-28(40)27(24)21-46/h9-10,12,14-16,25-26,31-32H,4-8,11,13,17-22H2,1-3H3,(H,43,51)(H,44,48)(H,45,50)/t25-,26-,31+,32+,39-/m1/s1. The van der Waals surface area contributed by atoms with E-state index in [0.29, 0.717) is 42.9 Å². The molecule has 4 aliphatic rings. The number of halogens is 3. The number of amides is 5. The average Bonchev–Trinajstić information content (AvgIpc) is 3.40. The predicted octanol–water partition coefficient (Wildman–Crippen LogP) is 4.68. The van der Waals surface area contributed by atoms with E-state index < -0.39 is 98.4 Å². The zero-order valence-corrected chi connectivity index (χ0v) is 32.9. The van der Waals surface area contributed by atoms with Crippen LogP contribution in [-0.4, -0.2) is 84.0 Å². The van der Waals surface area contributed by atoms with Crippen LogP contribution < -0.4 is 15.4 Å². The number of hydrogen-bond donors (Lipinski definition) is 3. The zero-order valence-electron chi connectivity index (χ0n) is 32.1. The Balaban J connectivity index is 1.24. The van der Waals surface area contributed by atoms with Gasteiger partial charge < -0.3 is 25.0 Å². The molecule has 57 heavy (non-hydrogen) atoms. The highest BCUT2D eigenvalue weighted by Crippen LogP contribution is 2.48. The van der Waals surface area contributed by atoms with E-state index in [1.54, 1.807) is 26.8 Å². The van der Waals surface area contributed by atoms with Crippen LogP contribution in [0.15, 0.2) is 36.4 Å². The minimum Gasteiger partial charge on any atom is -0.444 e. The molecule has 3 fully saturated rings. The highest BCUT2D eigenvalue weighted by molar-refractivity contribution is 7.89. The highest BCUT2D eigenvalue weighted by atomic mass is 32.2. The molecule has 2 aromatic carbocycles. The van der Waals surface area contributed by atoms with Gasteiger partial charge in [-0.25, -0.2) is 31.2 Å². The molecule has 1 saturated carbocycles. The number of carbonyl (C=O) groups is 5. The van der Waals surface area contributed by atoms with Crippen LogP contribution in [0.25, 0.3) is 0 Å². The molecule has 0 radical (unpaired) electrons. The molecular formula is C39H48F3N5O9S. The Morgan fingerprint density at radius 3 is 2.37 bits per heavy atom. The van der Waals surface area contributed by atoms with Crippen LogP contribution in [0.4, 0.5) is 22.8 Å². The van der Waals surface area contributed by atoms with Gasteiger partial charge in [0.15, 0.2) is 11.6 Å². The van der Waals surface area contributed by atoms with Gasteiger partial charge in [-0.2, -0.15) is 0 Å². The summed E-state index contributed by atoms with van der Waals surface area (Å²) in [4.78, 5) is 71.4. The first-order valence-corrected chi connectivity index (χ1v) is 20.8. The Kier molecular flexibility index (Phi) is 12.1. The van der Waals surface area contributed by atoms with E-state index in [2.05, 4.69) is 10.6 Å². The van der Waals surface area contributed by atoms with Crippen molar-refractivity contribution in [3.8, 4) is 0 Å². The van der Waals surface area contributed by atoms with Crippen molar-refractivity contribution in [1.29, 1.82) is 0 Å². The van der Waals surface area contributed by atoms with E-state index in [4.69, 9.17) is 9.47 Å². The number of nitrogens with zero attached hydrogens (tertiary/aromatic N) is 2. The fourth-order valence-corrected chi connectivity index (χ4v) is 9.02. The molecule has 0 aromatic heterocycles. The summed E-state index contributed by atoms with van der Waals surface area (Å²) in [5, 5.41) is 5.39. The molecule has 18 heteroatoms. The molecule has 14 nitrogen and oxygen atoms in total. The summed E-state index contributed by atoms with van der Waals surface area (Å²) in [5.41, 5.74) is -1.69. The van der Waals surface area contributed by atoms with Gasteiger partial charge in [0, 0.05) is 18.5 Å². The summed E-state index contributed by atoms with van der Waals surface area (Å²) in [5.74, 6) is -6.66. The van der Waals surface area contributed by atoms with Gasteiger partial charge in [0.2, 0.25) is 21.8 Å². The van der Waals surface area contributed by atoms with Gasteiger partial charge in [0.1, 0.15) is 35.1 Å². The molecule has 0 unspecified atom stereocenters. The Bertz CT molecular complexity index is 2030. The largest absolute Gasteiger partial charge is 0.444 e. The molecule has 5 atom stereocenters. The van der Waals surface area contributed by atoms with Crippen molar-refractivity contribution in [2.24, 2.45) is 5.92 Å². The monoisotopic (exact) mass is 819 g/mol. The molecule has 5 amide bonds. The molecule has 6 rings (SSSR count). The lowest BCUT2D eigenvalue weighted by molar-refractivity contribution is -0.141.